The normalized spacial score (nSPS) is 8.00. The number of phenols is 1. The lowest BCUT2D eigenvalue weighted by Gasteiger charge is -1.97. The van der Waals surface area contributed by atoms with Crippen molar-refractivity contribution < 1.29 is 5.11 Å². The van der Waals surface area contributed by atoms with Gasteiger partial charge in [0.2, 0.25) is 0 Å². The standard InChI is InChI=1S/C10H7NO/c1-2-4-9-8(7-11)5-3-6-10(9)12/h3,5-6,12H,1H3. The number of phenolic OH excluding ortho intramolecular Hbond substituents is 1. The van der Waals surface area contributed by atoms with E-state index in [-0.39, 0.29) is 5.75 Å². The lowest BCUT2D eigenvalue weighted by atomic mass is 10.1. The molecule has 0 bridgehead atoms. The van der Waals surface area contributed by atoms with Crippen LogP contribution in [0.1, 0.15) is 18.1 Å². The molecule has 12 heavy (non-hydrogen) atoms. The smallest absolute Gasteiger partial charge is 0.132 e. The van der Waals surface area contributed by atoms with Gasteiger partial charge in [-0.2, -0.15) is 5.26 Å². The van der Waals surface area contributed by atoms with E-state index >= 15 is 0 Å². The average molecular weight is 157 g/mol. The molecule has 1 aromatic carbocycles. The fraction of sp³-hybridized carbons (Fsp3) is 0.100. The van der Waals surface area contributed by atoms with Gasteiger partial charge in [-0.3, -0.25) is 0 Å². The van der Waals surface area contributed by atoms with Crippen molar-refractivity contribution in [2.75, 3.05) is 0 Å². The summed E-state index contributed by atoms with van der Waals surface area (Å²) in [5.74, 6) is 5.37. The molecule has 0 fully saturated rings. The molecule has 0 aromatic heterocycles. The van der Waals surface area contributed by atoms with Crippen LogP contribution in [0.25, 0.3) is 0 Å². The molecular weight excluding hydrogens is 150 g/mol. The van der Waals surface area contributed by atoms with Gasteiger partial charge >= 0.3 is 0 Å². The summed E-state index contributed by atoms with van der Waals surface area (Å²) in [4.78, 5) is 0. The van der Waals surface area contributed by atoms with Gasteiger partial charge in [0.05, 0.1) is 11.1 Å². The van der Waals surface area contributed by atoms with Gasteiger partial charge in [-0.25, -0.2) is 0 Å². The van der Waals surface area contributed by atoms with Gasteiger partial charge in [0.25, 0.3) is 0 Å². The van der Waals surface area contributed by atoms with Crippen molar-refractivity contribution in [3.8, 4) is 23.7 Å². The Balaban J connectivity index is 3.38. The highest BCUT2D eigenvalue weighted by molar-refractivity contribution is 5.55. The molecule has 0 saturated heterocycles. The molecule has 0 aliphatic heterocycles. The first-order valence-corrected chi connectivity index (χ1v) is 3.44. The van der Waals surface area contributed by atoms with Crippen LogP contribution in [0.4, 0.5) is 0 Å². The number of nitriles is 1. The monoisotopic (exact) mass is 157 g/mol. The third-order valence-corrected chi connectivity index (χ3v) is 1.41. The first kappa shape index (κ1) is 8.17. The van der Waals surface area contributed by atoms with Crippen LogP contribution >= 0.6 is 0 Å². The molecule has 0 heterocycles. The molecule has 0 saturated carbocycles. The van der Waals surface area contributed by atoms with Crippen molar-refractivity contribution in [2.24, 2.45) is 0 Å². The van der Waals surface area contributed by atoms with Crippen LogP contribution < -0.4 is 0 Å². The Morgan fingerprint density at radius 1 is 1.42 bits per heavy atom. The highest BCUT2D eigenvalue weighted by Gasteiger charge is 2.02. The molecule has 0 aliphatic carbocycles. The van der Waals surface area contributed by atoms with Crippen LogP contribution in [-0.4, -0.2) is 5.11 Å². The number of rotatable bonds is 0. The summed E-state index contributed by atoms with van der Waals surface area (Å²) < 4.78 is 0. The molecular formula is C10H7NO. The Bertz CT molecular complexity index is 391. The van der Waals surface area contributed by atoms with E-state index < -0.39 is 0 Å². The minimum atomic E-state index is 0.0587. The molecule has 0 spiro atoms. The lowest BCUT2D eigenvalue weighted by molar-refractivity contribution is 0.473. The summed E-state index contributed by atoms with van der Waals surface area (Å²) in [6, 6.07) is 6.72. The van der Waals surface area contributed by atoms with Crippen molar-refractivity contribution in [3.63, 3.8) is 0 Å². The van der Waals surface area contributed by atoms with E-state index in [0.29, 0.717) is 11.1 Å². The summed E-state index contributed by atoms with van der Waals surface area (Å²) in [5.41, 5.74) is 0.812. The van der Waals surface area contributed by atoms with E-state index in [2.05, 4.69) is 11.8 Å². The van der Waals surface area contributed by atoms with E-state index in [1.165, 1.54) is 6.07 Å². The van der Waals surface area contributed by atoms with E-state index in [0.717, 1.165) is 0 Å². The Hall–Kier alpha value is -1.93. The Morgan fingerprint density at radius 2 is 2.17 bits per heavy atom. The molecule has 2 nitrogen and oxygen atoms in total. The molecule has 0 radical (unpaired) electrons. The zero-order valence-corrected chi connectivity index (χ0v) is 6.63. The van der Waals surface area contributed by atoms with Gasteiger partial charge in [0.1, 0.15) is 11.8 Å². The Labute approximate surface area is 71.1 Å². The van der Waals surface area contributed by atoms with Crippen LogP contribution in [0.3, 0.4) is 0 Å². The van der Waals surface area contributed by atoms with Crippen LogP contribution in [0, 0.1) is 23.2 Å². The van der Waals surface area contributed by atoms with Crippen LogP contribution in [0.2, 0.25) is 0 Å². The average Bonchev–Trinajstić information content (AvgIpc) is 2.09. The second-order valence-corrected chi connectivity index (χ2v) is 2.19. The number of aromatic hydroxyl groups is 1. The first-order chi connectivity index (χ1) is 5.79. The molecule has 2 heteroatoms. The number of benzene rings is 1. The van der Waals surface area contributed by atoms with E-state index in [1.807, 2.05) is 6.07 Å². The van der Waals surface area contributed by atoms with Crippen LogP contribution in [0.5, 0.6) is 5.75 Å². The summed E-state index contributed by atoms with van der Waals surface area (Å²) in [6.45, 7) is 1.66. The van der Waals surface area contributed by atoms with Gasteiger partial charge in [0, 0.05) is 0 Å². The zero-order chi connectivity index (χ0) is 8.97. The van der Waals surface area contributed by atoms with Crippen molar-refractivity contribution in [1.29, 1.82) is 5.26 Å². The maximum absolute atomic E-state index is 9.30. The Morgan fingerprint density at radius 3 is 2.75 bits per heavy atom. The maximum Gasteiger partial charge on any atom is 0.132 e. The van der Waals surface area contributed by atoms with Crippen molar-refractivity contribution >= 4 is 0 Å². The SMILES string of the molecule is CC#Cc1c(O)cccc1C#N. The molecule has 0 atom stereocenters. The predicted molar refractivity (Wildman–Crippen MR) is 45.4 cm³/mol. The third-order valence-electron chi connectivity index (χ3n) is 1.41. The second-order valence-electron chi connectivity index (χ2n) is 2.19. The van der Waals surface area contributed by atoms with Gasteiger partial charge in [-0.1, -0.05) is 12.0 Å². The fourth-order valence-electron chi connectivity index (χ4n) is 0.890. The predicted octanol–water partition coefficient (Wildman–Crippen LogP) is 1.64. The van der Waals surface area contributed by atoms with Crippen LogP contribution in [-0.2, 0) is 0 Å². The van der Waals surface area contributed by atoms with E-state index in [1.54, 1.807) is 19.1 Å². The summed E-state index contributed by atoms with van der Waals surface area (Å²) in [7, 11) is 0. The quantitative estimate of drug-likeness (QED) is 0.582. The van der Waals surface area contributed by atoms with Crippen molar-refractivity contribution in [3.05, 3.63) is 29.3 Å². The maximum atomic E-state index is 9.30. The lowest BCUT2D eigenvalue weighted by Crippen LogP contribution is -1.83. The Kier molecular flexibility index (Phi) is 2.35. The van der Waals surface area contributed by atoms with Crippen molar-refractivity contribution in [1.82, 2.24) is 0 Å². The third kappa shape index (κ3) is 1.38. The summed E-state index contributed by atoms with van der Waals surface area (Å²) in [5, 5.41) is 17.9. The molecule has 0 amide bonds. The molecule has 0 unspecified atom stereocenters. The molecule has 1 rings (SSSR count). The first-order valence-electron chi connectivity index (χ1n) is 3.44. The van der Waals surface area contributed by atoms with Gasteiger partial charge < -0.3 is 5.11 Å². The topological polar surface area (TPSA) is 44.0 Å². The van der Waals surface area contributed by atoms with Crippen LogP contribution in [0.15, 0.2) is 18.2 Å². The zero-order valence-electron chi connectivity index (χ0n) is 6.63. The summed E-state index contributed by atoms with van der Waals surface area (Å²) >= 11 is 0. The van der Waals surface area contributed by atoms with Gasteiger partial charge in [-0.05, 0) is 19.1 Å². The van der Waals surface area contributed by atoms with E-state index in [4.69, 9.17) is 5.26 Å². The fourth-order valence-corrected chi connectivity index (χ4v) is 0.890. The molecule has 0 aliphatic rings. The summed E-state index contributed by atoms with van der Waals surface area (Å²) in [6.07, 6.45) is 0. The van der Waals surface area contributed by atoms with E-state index in [9.17, 15) is 5.11 Å². The largest absolute Gasteiger partial charge is 0.507 e. The molecule has 1 N–H and O–H groups in total. The highest BCUT2D eigenvalue weighted by Crippen LogP contribution is 2.18. The van der Waals surface area contributed by atoms with Crippen molar-refractivity contribution in [2.45, 2.75) is 6.92 Å². The molecule has 58 valence electrons. The number of hydrogen-bond donors (Lipinski definition) is 1. The number of hydrogen-bond acceptors (Lipinski definition) is 2. The highest BCUT2D eigenvalue weighted by atomic mass is 16.3. The molecule has 1 aromatic rings. The minimum absolute atomic E-state index is 0.0587. The van der Waals surface area contributed by atoms with Gasteiger partial charge in [0.15, 0.2) is 0 Å². The minimum Gasteiger partial charge on any atom is -0.507 e. The second kappa shape index (κ2) is 3.46. The number of nitrogens with zero attached hydrogens (tertiary/aromatic N) is 1. The van der Waals surface area contributed by atoms with Gasteiger partial charge in [-0.15, -0.1) is 5.92 Å².